The summed E-state index contributed by atoms with van der Waals surface area (Å²) in [5.41, 5.74) is 2.31. The highest BCUT2D eigenvalue weighted by atomic mass is 32.2. The molecule has 0 saturated carbocycles. The number of carbonyl (C=O) groups is 1. The van der Waals surface area contributed by atoms with Crippen molar-refractivity contribution < 1.29 is 23.2 Å². The molecule has 4 rings (SSSR count). The van der Waals surface area contributed by atoms with Crippen LogP contribution in [0.4, 0.5) is 5.69 Å². The average Bonchev–Trinajstić information content (AvgIpc) is 2.96. The molecule has 8 nitrogen and oxygen atoms in total. The number of rotatable bonds is 12. The molecule has 0 unspecified atom stereocenters. The molecule has 0 radical (unpaired) electrons. The zero-order chi connectivity index (χ0) is 27.9. The molecule has 0 spiro atoms. The van der Waals surface area contributed by atoms with E-state index in [4.69, 9.17) is 0 Å². The fraction of sp³-hybridized carbons (Fsp3) is 0.138. The predicted octanol–water partition coefficient (Wildman–Crippen LogP) is 5.40. The van der Waals surface area contributed by atoms with Crippen LogP contribution in [-0.4, -0.2) is 47.6 Å². The van der Waals surface area contributed by atoms with Crippen LogP contribution < -0.4 is 0 Å². The topological polar surface area (TPSA) is 118 Å². The van der Waals surface area contributed by atoms with Crippen LogP contribution in [0, 0.1) is 10.1 Å². The molecule has 0 bridgehead atoms. The molecule has 0 fully saturated rings. The van der Waals surface area contributed by atoms with Crippen molar-refractivity contribution >= 4 is 33.4 Å². The number of para-hydroxylation sites is 1. The molecular formula is C29H26N2O6S2. The van der Waals surface area contributed by atoms with Crippen LogP contribution in [0.2, 0.25) is 0 Å². The molecule has 10 heteroatoms. The number of carboxylic acids is 1. The van der Waals surface area contributed by atoms with Crippen molar-refractivity contribution in [1.82, 2.24) is 4.31 Å². The Morgan fingerprint density at radius 3 is 1.67 bits per heavy atom. The van der Waals surface area contributed by atoms with E-state index in [0.29, 0.717) is 0 Å². The van der Waals surface area contributed by atoms with Gasteiger partial charge >= 0.3 is 5.97 Å². The Labute approximate surface area is 231 Å². The largest absolute Gasteiger partial charge is 0.480 e. The lowest BCUT2D eigenvalue weighted by atomic mass is 9.84. The van der Waals surface area contributed by atoms with E-state index in [1.807, 2.05) is 91.0 Å². The number of sulfonamides is 1. The summed E-state index contributed by atoms with van der Waals surface area (Å²) in [5.74, 6) is -1.16. The Hall–Kier alpha value is -3.99. The third kappa shape index (κ3) is 6.03. The first kappa shape index (κ1) is 28.0. The van der Waals surface area contributed by atoms with Gasteiger partial charge in [-0.05, 0) is 22.8 Å². The third-order valence-corrected chi connectivity index (χ3v) is 9.61. The summed E-state index contributed by atoms with van der Waals surface area (Å²) in [4.78, 5) is 21.9. The monoisotopic (exact) mass is 562 g/mol. The van der Waals surface area contributed by atoms with Crippen molar-refractivity contribution in [1.29, 1.82) is 0 Å². The van der Waals surface area contributed by atoms with Crippen molar-refractivity contribution in [2.24, 2.45) is 0 Å². The summed E-state index contributed by atoms with van der Waals surface area (Å²) in [6.07, 6.45) is 0. The molecule has 39 heavy (non-hydrogen) atoms. The van der Waals surface area contributed by atoms with Crippen molar-refractivity contribution in [2.45, 2.75) is 9.64 Å². The number of thioether (sulfide) groups is 1. The maximum atomic E-state index is 13.5. The van der Waals surface area contributed by atoms with Crippen LogP contribution in [-0.2, 0) is 19.6 Å². The summed E-state index contributed by atoms with van der Waals surface area (Å²) in [7, 11) is -4.49. The van der Waals surface area contributed by atoms with E-state index in [1.54, 1.807) is 0 Å². The van der Waals surface area contributed by atoms with Gasteiger partial charge in [0.1, 0.15) is 6.54 Å². The molecule has 200 valence electrons. The van der Waals surface area contributed by atoms with Gasteiger partial charge in [-0.3, -0.25) is 14.9 Å². The standard InChI is InChI=1S/C29H26N2O6S2/c32-28(33)22-30(39(36,37)27-19-11-10-18-26(27)31(34)35)20-21-38-29(23-12-4-1-5-13-23,24-14-6-2-7-15-24)25-16-8-3-9-17-25/h1-19H,20-22H2,(H,32,33). The van der Waals surface area contributed by atoms with E-state index in [9.17, 15) is 28.4 Å². The lowest BCUT2D eigenvalue weighted by Gasteiger charge is -2.36. The van der Waals surface area contributed by atoms with E-state index < -0.39 is 42.8 Å². The molecule has 4 aromatic carbocycles. The predicted molar refractivity (Wildman–Crippen MR) is 151 cm³/mol. The third-order valence-electron chi connectivity index (χ3n) is 6.19. The van der Waals surface area contributed by atoms with Gasteiger partial charge in [0.05, 0.1) is 9.67 Å². The second kappa shape index (κ2) is 12.2. The minimum atomic E-state index is -4.49. The lowest BCUT2D eigenvalue weighted by molar-refractivity contribution is -0.387. The smallest absolute Gasteiger partial charge is 0.318 e. The first-order valence-corrected chi connectivity index (χ1v) is 14.5. The van der Waals surface area contributed by atoms with Crippen molar-refractivity contribution in [3.05, 3.63) is 142 Å². The first-order valence-electron chi connectivity index (χ1n) is 12.0. The molecule has 0 atom stereocenters. The van der Waals surface area contributed by atoms with Crippen LogP contribution in [0.5, 0.6) is 0 Å². The summed E-state index contributed by atoms with van der Waals surface area (Å²) in [5, 5.41) is 21.1. The van der Waals surface area contributed by atoms with E-state index in [2.05, 4.69) is 0 Å². The number of hydrogen-bond donors (Lipinski definition) is 1. The molecule has 0 saturated heterocycles. The molecule has 0 aliphatic carbocycles. The van der Waals surface area contributed by atoms with Crippen LogP contribution >= 0.6 is 11.8 Å². The minimum absolute atomic E-state index is 0.181. The van der Waals surface area contributed by atoms with Gasteiger partial charge in [-0.2, -0.15) is 4.31 Å². The highest BCUT2D eigenvalue weighted by Gasteiger charge is 2.38. The van der Waals surface area contributed by atoms with Crippen molar-refractivity contribution in [3.63, 3.8) is 0 Å². The van der Waals surface area contributed by atoms with Gasteiger partial charge in [0, 0.05) is 18.4 Å². The molecule has 0 aromatic heterocycles. The maximum Gasteiger partial charge on any atom is 0.318 e. The summed E-state index contributed by atoms with van der Waals surface area (Å²) < 4.78 is 27.1. The summed E-state index contributed by atoms with van der Waals surface area (Å²) >= 11 is 1.47. The van der Waals surface area contributed by atoms with Gasteiger partial charge in [-0.15, -0.1) is 11.8 Å². The zero-order valence-corrected chi connectivity index (χ0v) is 22.4. The highest BCUT2D eigenvalue weighted by Crippen LogP contribution is 2.48. The number of carboxylic acid groups (broad SMARTS) is 1. The Balaban J connectivity index is 1.75. The van der Waals surface area contributed by atoms with Crippen molar-refractivity contribution in [3.8, 4) is 0 Å². The van der Waals surface area contributed by atoms with Gasteiger partial charge in [-0.25, -0.2) is 8.42 Å². The van der Waals surface area contributed by atoms with E-state index in [1.165, 1.54) is 23.9 Å². The highest BCUT2D eigenvalue weighted by molar-refractivity contribution is 8.00. The molecule has 0 heterocycles. The average molecular weight is 563 g/mol. The fourth-order valence-electron chi connectivity index (χ4n) is 4.47. The van der Waals surface area contributed by atoms with Gasteiger partial charge in [0.25, 0.3) is 5.69 Å². The number of nitrogens with zero attached hydrogens (tertiary/aromatic N) is 2. The quantitative estimate of drug-likeness (QED) is 0.140. The SMILES string of the molecule is O=C(O)CN(CCSC(c1ccccc1)(c1ccccc1)c1ccccc1)S(=O)(=O)c1ccccc1[N+](=O)[O-]. The summed E-state index contributed by atoms with van der Waals surface area (Å²) in [6, 6.07) is 34.4. The molecule has 0 aliphatic heterocycles. The molecule has 0 amide bonds. The second-order valence-electron chi connectivity index (χ2n) is 8.58. The van der Waals surface area contributed by atoms with Crippen LogP contribution in [0.1, 0.15) is 16.7 Å². The number of nitro benzene ring substituents is 1. The second-order valence-corrected chi connectivity index (χ2v) is 11.8. The van der Waals surface area contributed by atoms with Crippen LogP contribution in [0.3, 0.4) is 0 Å². The number of hydrogen-bond acceptors (Lipinski definition) is 6. The van der Waals surface area contributed by atoms with Gasteiger partial charge in [0.15, 0.2) is 4.90 Å². The van der Waals surface area contributed by atoms with E-state index in [-0.39, 0.29) is 12.3 Å². The van der Waals surface area contributed by atoms with Crippen molar-refractivity contribution in [2.75, 3.05) is 18.8 Å². The number of nitro groups is 1. The lowest BCUT2D eigenvalue weighted by Crippen LogP contribution is -2.38. The Morgan fingerprint density at radius 2 is 1.23 bits per heavy atom. The molecule has 0 aliphatic rings. The Morgan fingerprint density at radius 1 is 0.795 bits per heavy atom. The molecule has 4 aromatic rings. The molecular weight excluding hydrogens is 536 g/mol. The normalized spacial score (nSPS) is 11.8. The van der Waals surface area contributed by atoms with Crippen LogP contribution in [0.25, 0.3) is 0 Å². The van der Waals surface area contributed by atoms with Gasteiger partial charge in [0.2, 0.25) is 10.0 Å². The first-order chi connectivity index (χ1) is 18.8. The van der Waals surface area contributed by atoms with Gasteiger partial charge < -0.3 is 5.11 Å². The summed E-state index contributed by atoms with van der Waals surface area (Å²) in [6.45, 7) is -1.01. The minimum Gasteiger partial charge on any atom is -0.480 e. The number of aliphatic carboxylic acids is 1. The van der Waals surface area contributed by atoms with Gasteiger partial charge in [-0.1, -0.05) is 103 Å². The Kier molecular flexibility index (Phi) is 8.80. The number of benzene rings is 4. The fourth-order valence-corrected chi connectivity index (χ4v) is 7.66. The van der Waals surface area contributed by atoms with E-state index >= 15 is 0 Å². The Bertz CT molecular complexity index is 1440. The van der Waals surface area contributed by atoms with E-state index in [0.717, 1.165) is 33.1 Å². The maximum absolute atomic E-state index is 13.5. The van der Waals surface area contributed by atoms with Crippen LogP contribution in [0.15, 0.2) is 120 Å². The molecule has 1 N–H and O–H groups in total. The zero-order valence-electron chi connectivity index (χ0n) is 20.8.